The number of ether oxygens (including phenoxy) is 4. The monoisotopic (exact) mass is 472 g/mol. The van der Waals surface area contributed by atoms with Gasteiger partial charge in [-0.05, 0) is 55.1 Å². The fourth-order valence-electron chi connectivity index (χ4n) is 4.01. The SMILES string of the molecule is C=C/C=C(/COc1ccc2c(c1)CCn1c-2cc(OCC2COc3ncccc3O2)nc1=O)N=C. The fourth-order valence-corrected chi connectivity index (χ4v) is 4.01. The summed E-state index contributed by atoms with van der Waals surface area (Å²) in [5.41, 5.74) is 3.11. The van der Waals surface area contributed by atoms with Crippen LogP contribution in [0, 0.1) is 0 Å². The first-order valence-corrected chi connectivity index (χ1v) is 11.2. The Morgan fingerprint density at radius 2 is 2.20 bits per heavy atom. The second-order valence-electron chi connectivity index (χ2n) is 7.99. The maximum absolute atomic E-state index is 12.7. The van der Waals surface area contributed by atoms with Crippen molar-refractivity contribution in [3.63, 3.8) is 0 Å². The van der Waals surface area contributed by atoms with Crippen LogP contribution in [0.5, 0.6) is 23.3 Å². The number of hydrogen-bond acceptors (Lipinski definition) is 8. The van der Waals surface area contributed by atoms with E-state index in [2.05, 4.69) is 28.3 Å². The molecule has 3 aromatic rings. The molecule has 4 heterocycles. The molecule has 9 nitrogen and oxygen atoms in total. The number of rotatable bonds is 8. The minimum atomic E-state index is -0.352. The molecule has 5 rings (SSSR count). The molecule has 0 N–H and O–H groups in total. The molecule has 0 spiro atoms. The van der Waals surface area contributed by atoms with Crippen molar-refractivity contribution in [3.8, 4) is 34.5 Å². The number of nitrogens with zero attached hydrogens (tertiary/aromatic N) is 4. The number of fused-ring (bicyclic) bond motifs is 4. The van der Waals surface area contributed by atoms with Gasteiger partial charge in [-0.1, -0.05) is 12.7 Å². The third kappa shape index (κ3) is 4.79. The number of allylic oxidation sites excluding steroid dienone is 2. The molecule has 1 unspecified atom stereocenters. The fraction of sp³-hybridized carbons (Fsp3) is 0.231. The summed E-state index contributed by atoms with van der Waals surface area (Å²) in [4.78, 5) is 24.9. The van der Waals surface area contributed by atoms with Crippen LogP contribution in [-0.2, 0) is 13.0 Å². The van der Waals surface area contributed by atoms with E-state index in [4.69, 9.17) is 18.9 Å². The summed E-state index contributed by atoms with van der Waals surface area (Å²) in [6.45, 7) is 8.51. The Labute approximate surface area is 202 Å². The third-order valence-electron chi connectivity index (χ3n) is 5.70. The van der Waals surface area contributed by atoms with Crippen molar-refractivity contribution in [1.29, 1.82) is 0 Å². The van der Waals surface area contributed by atoms with Crippen molar-refractivity contribution in [1.82, 2.24) is 14.5 Å². The van der Waals surface area contributed by atoms with Crippen LogP contribution in [0.4, 0.5) is 0 Å². The molecule has 1 aromatic carbocycles. The van der Waals surface area contributed by atoms with E-state index in [1.165, 1.54) is 0 Å². The van der Waals surface area contributed by atoms with Crippen LogP contribution in [0.3, 0.4) is 0 Å². The molecule has 9 heteroatoms. The van der Waals surface area contributed by atoms with E-state index in [1.54, 1.807) is 41.1 Å². The number of aliphatic imine (C=N–C) groups is 1. The molecule has 178 valence electrons. The van der Waals surface area contributed by atoms with E-state index in [-0.39, 0.29) is 24.3 Å². The Morgan fingerprint density at radius 1 is 1.29 bits per heavy atom. The van der Waals surface area contributed by atoms with Gasteiger partial charge in [0.1, 0.15) is 25.6 Å². The number of pyridine rings is 1. The lowest BCUT2D eigenvalue weighted by Crippen LogP contribution is -2.35. The molecule has 0 saturated heterocycles. The van der Waals surface area contributed by atoms with Gasteiger partial charge in [0.15, 0.2) is 11.9 Å². The normalized spacial score (nSPS) is 16.0. The Balaban J connectivity index is 1.31. The van der Waals surface area contributed by atoms with Gasteiger partial charge in [0.25, 0.3) is 5.88 Å². The Bertz CT molecular complexity index is 1360. The maximum Gasteiger partial charge on any atom is 0.351 e. The molecule has 2 aliphatic rings. The highest BCUT2D eigenvalue weighted by Crippen LogP contribution is 2.33. The van der Waals surface area contributed by atoms with Crippen LogP contribution < -0.4 is 24.6 Å². The molecular weight excluding hydrogens is 448 g/mol. The van der Waals surface area contributed by atoms with Gasteiger partial charge < -0.3 is 18.9 Å². The van der Waals surface area contributed by atoms with E-state index in [1.807, 2.05) is 18.2 Å². The van der Waals surface area contributed by atoms with Gasteiger partial charge in [-0.2, -0.15) is 4.98 Å². The Morgan fingerprint density at radius 3 is 3.06 bits per heavy atom. The van der Waals surface area contributed by atoms with Crippen molar-refractivity contribution >= 4 is 6.72 Å². The summed E-state index contributed by atoms with van der Waals surface area (Å²) in [7, 11) is 0. The number of benzene rings is 1. The highest BCUT2D eigenvalue weighted by atomic mass is 16.6. The van der Waals surface area contributed by atoms with Gasteiger partial charge in [-0.25, -0.2) is 9.78 Å². The molecule has 2 aromatic heterocycles. The average molecular weight is 473 g/mol. The number of aromatic nitrogens is 3. The van der Waals surface area contributed by atoms with Gasteiger partial charge in [-0.3, -0.25) is 9.56 Å². The van der Waals surface area contributed by atoms with Crippen molar-refractivity contribution in [2.45, 2.75) is 19.1 Å². The smallest absolute Gasteiger partial charge is 0.351 e. The van der Waals surface area contributed by atoms with E-state index in [0.29, 0.717) is 49.3 Å². The third-order valence-corrected chi connectivity index (χ3v) is 5.70. The zero-order valence-corrected chi connectivity index (χ0v) is 19.1. The van der Waals surface area contributed by atoms with Gasteiger partial charge in [0.05, 0.1) is 11.4 Å². The van der Waals surface area contributed by atoms with Crippen LogP contribution >= 0.6 is 0 Å². The van der Waals surface area contributed by atoms with Gasteiger partial charge in [-0.15, -0.1) is 0 Å². The van der Waals surface area contributed by atoms with Crippen LogP contribution in [0.2, 0.25) is 0 Å². The van der Waals surface area contributed by atoms with Gasteiger partial charge in [0, 0.05) is 24.4 Å². The maximum atomic E-state index is 12.7. The first kappa shape index (κ1) is 22.4. The van der Waals surface area contributed by atoms with E-state index < -0.39 is 0 Å². The highest BCUT2D eigenvalue weighted by Gasteiger charge is 2.24. The van der Waals surface area contributed by atoms with Crippen LogP contribution in [0.25, 0.3) is 11.3 Å². The highest BCUT2D eigenvalue weighted by molar-refractivity contribution is 5.67. The molecule has 0 radical (unpaired) electrons. The average Bonchev–Trinajstić information content (AvgIpc) is 2.89. The Hall–Kier alpha value is -4.40. The molecule has 0 saturated carbocycles. The summed E-state index contributed by atoms with van der Waals surface area (Å²) in [6, 6.07) is 11.1. The predicted octanol–water partition coefficient (Wildman–Crippen LogP) is 3.23. The van der Waals surface area contributed by atoms with E-state index in [0.717, 1.165) is 16.8 Å². The second-order valence-corrected chi connectivity index (χ2v) is 7.99. The summed E-state index contributed by atoms with van der Waals surface area (Å²) < 4.78 is 24.8. The van der Waals surface area contributed by atoms with Gasteiger partial charge in [0.2, 0.25) is 5.88 Å². The number of aryl methyl sites for hydroxylation is 1. The Kier molecular flexibility index (Phi) is 6.30. The molecule has 2 aliphatic heterocycles. The summed E-state index contributed by atoms with van der Waals surface area (Å²) >= 11 is 0. The lowest BCUT2D eigenvalue weighted by Gasteiger charge is -2.26. The molecule has 35 heavy (non-hydrogen) atoms. The van der Waals surface area contributed by atoms with E-state index >= 15 is 0 Å². The minimum Gasteiger partial charge on any atom is -0.487 e. The lowest BCUT2D eigenvalue weighted by atomic mass is 9.97. The molecule has 1 atom stereocenters. The lowest BCUT2D eigenvalue weighted by molar-refractivity contribution is 0.0486. The minimum absolute atomic E-state index is 0.182. The van der Waals surface area contributed by atoms with Crippen molar-refractivity contribution in [2.75, 3.05) is 19.8 Å². The largest absolute Gasteiger partial charge is 0.487 e. The quantitative estimate of drug-likeness (QED) is 0.367. The number of hydrogen-bond donors (Lipinski definition) is 0. The zero-order valence-electron chi connectivity index (χ0n) is 19.1. The standard InChI is InChI=1S/C26H24N4O5/c1-3-5-18(27-2)14-32-19-7-8-21-17(12-19)9-11-30-22(21)13-24(29-26(30)31)33-15-20-16-34-25-23(35-20)6-4-10-28-25/h3-8,10,12-13,20H,1-2,9,11,14-16H2/b18-5-. The summed E-state index contributed by atoms with van der Waals surface area (Å²) in [6.07, 6.45) is 5.39. The first-order chi connectivity index (χ1) is 17.1. The van der Waals surface area contributed by atoms with Crippen molar-refractivity contribution < 1.29 is 18.9 Å². The summed E-state index contributed by atoms with van der Waals surface area (Å²) in [5.74, 6) is 1.98. The second kappa shape index (κ2) is 9.84. The first-order valence-electron chi connectivity index (χ1n) is 11.2. The predicted molar refractivity (Wildman–Crippen MR) is 131 cm³/mol. The van der Waals surface area contributed by atoms with Crippen LogP contribution in [0.1, 0.15) is 5.56 Å². The topological polar surface area (TPSA) is 97.1 Å². The zero-order chi connectivity index (χ0) is 24.2. The molecule has 0 fully saturated rings. The molecule has 0 aliphatic carbocycles. The van der Waals surface area contributed by atoms with Crippen molar-refractivity contribution in [2.24, 2.45) is 4.99 Å². The van der Waals surface area contributed by atoms with Gasteiger partial charge >= 0.3 is 5.69 Å². The molecular formula is C26H24N4O5. The van der Waals surface area contributed by atoms with Crippen molar-refractivity contribution in [3.05, 3.63) is 83.1 Å². The molecule has 0 amide bonds. The molecule has 0 bridgehead atoms. The van der Waals surface area contributed by atoms with E-state index in [9.17, 15) is 4.79 Å². The van der Waals surface area contributed by atoms with Crippen LogP contribution in [0.15, 0.2) is 76.8 Å². The summed E-state index contributed by atoms with van der Waals surface area (Å²) in [5, 5.41) is 0. The van der Waals surface area contributed by atoms with Crippen LogP contribution in [-0.4, -0.2) is 47.2 Å².